The number of aliphatic carboxylic acids is 1. The number of carboxylic acids is 1. The van der Waals surface area contributed by atoms with Gasteiger partial charge < -0.3 is 31.9 Å². The van der Waals surface area contributed by atoms with E-state index in [2.05, 4.69) is 10.6 Å². The van der Waals surface area contributed by atoms with Crippen molar-refractivity contribution in [2.45, 2.75) is 50.8 Å². The number of aryl methyl sites for hydroxylation is 1. The average Bonchev–Trinajstić information content (AvgIpc) is 2.95. The second-order valence-corrected chi connectivity index (χ2v) is 9.83. The topological polar surface area (TPSA) is 157 Å². The number of ether oxygens (including phenoxy) is 1. The number of anilines is 1. The maximum absolute atomic E-state index is 13.1. The van der Waals surface area contributed by atoms with Crippen LogP contribution in [0.15, 0.2) is 72.8 Å². The van der Waals surface area contributed by atoms with Crippen LogP contribution in [0.5, 0.6) is 5.75 Å². The molecule has 0 saturated heterocycles. The van der Waals surface area contributed by atoms with Gasteiger partial charge >= 0.3 is 5.97 Å². The van der Waals surface area contributed by atoms with Gasteiger partial charge in [-0.3, -0.25) is 9.59 Å². The minimum Gasteiger partial charge on any atom is -0.487 e. The van der Waals surface area contributed by atoms with Crippen LogP contribution in [-0.4, -0.2) is 41.5 Å². The lowest BCUT2D eigenvalue weighted by atomic mass is 10.0. The third kappa shape index (κ3) is 9.68. The van der Waals surface area contributed by atoms with Gasteiger partial charge in [0.15, 0.2) is 0 Å². The molecule has 0 heterocycles. The molecule has 0 fully saturated rings. The molecule has 212 valence electrons. The highest BCUT2D eigenvalue weighted by atomic mass is 35.5. The Morgan fingerprint density at radius 3 is 2.33 bits per heavy atom. The summed E-state index contributed by atoms with van der Waals surface area (Å²) in [5.41, 5.74) is 13.9. The number of benzene rings is 3. The van der Waals surface area contributed by atoms with Crippen molar-refractivity contribution in [2.75, 3.05) is 11.9 Å². The van der Waals surface area contributed by atoms with Gasteiger partial charge in [-0.15, -0.1) is 0 Å². The van der Waals surface area contributed by atoms with E-state index in [4.69, 9.17) is 27.8 Å². The predicted molar refractivity (Wildman–Crippen MR) is 155 cm³/mol. The van der Waals surface area contributed by atoms with Gasteiger partial charge in [-0.2, -0.15) is 0 Å². The first-order valence-corrected chi connectivity index (χ1v) is 13.5. The Morgan fingerprint density at radius 2 is 1.65 bits per heavy atom. The molecule has 3 rings (SSSR count). The van der Waals surface area contributed by atoms with Gasteiger partial charge in [0, 0.05) is 10.6 Å². The summed E-state index contributed by atoms with van der Waals surface area (Å²) < 4.78 is 5.98. The van der Waals surface area contributed by atoms with Crippen LogP contribution in [0.25, 0.3) is 0 Å². The molecule has 10 heteroatoms. The summed E-state index contributed by atoms with van der Waals surface area (Å²) in [5.74, 6) is -1.86. The van der Waals surface area contributed by atoms with E-state index in [1.165, 1.54) is 18.2 Å². The Bertz CT molecular complexity index is 1270. The number of unbranched alkanes of at least 4 members (excludes halogenated alkanes) is 1. The summed E-state index contributed by atoms with van der Waals surface area (Å²) in [5, 5.41) is 15.6. The Labute approximate surface area is 238 Å². The quantitative estimate of drug-likeness (QED) is 0.173. The smallest absolute Gasteiger partial charge is 0.326 e. The van der Waals surface area contributed by atoms with Gasteiger partial charge in [-0.25, -0.2) is 4.79 Å². The first-order valence-electron chi connectivity index (χ1n) is 13.1. The van der Waals surface area contributed by atoms with Gasteiger partial charge in [-0.1, -0.05) is 60.5 Å². The molecule has 0 aliphatic rings. The number of nitrogens with two attached hydrogens (primary N) is 2. The second-order valence-electron chi connectivity index (χ2n) is 9.39. The SMILES string of the molecule is NCCCC[C@H](N)C(=O)Nc1ccc(C(=O)N[C@@H](CCc2ccccc2)C(=O)O)cc1OCc1ccc(Cl)cc1. The summed E-state index contributed by atoms with van der Waals surface area (Å²) in [4.78, 5) is 37.6. The number of carbonyl (C=O) groups excluding carboxylic acids is 2. The first-order chi connectivity index (χ1) is 19.3. The summed E-state index contributed by atoms with van der Waals surface area (Å²) in [6.07, 6.45) is 2.68. The summed E-state index contributed by atoms with van der Waals surface area (Å²) >= 11 is 5.97. The third-order valence-corrected chi connectivity index (χ3v) is 6.54. The molecule has 2 amide bonds. The van der Waals surface area contributed by atoms with E-state index < -0.39 is 29.9 Å². The minimum atomic E-state index is -1.13. The minimum absolute atomic E-state index is 0.141. The number of amides is 2. The number of hydrogen-bond acceptors (Lipinski definition) is 6. The van der Waals surface area contributed by atoms with Gasteiger partial charge in [-0.05, 0) is 73.7 Å². The van der Waals surface area contributed by atoms with Crippen LogP contribution >= 0.6 is 11.6 Å². The van der Waals surface area contributed by atoms with Crippen LogP contribution in [0.2, 0.25) is 5.02 Å². The molecule has 0 aliphatic carbocycles. The predicted octanol–water partition coefficient (Wildman–Crippen LogP) is 4.13. The van der Waals surface area contributed by atoms with E-state index in [9.17, 15) is 19.5 Å². The van der Waals surface area contributed by atoms with Crippen LogP contribution in [0.4, 0.5) is 5.69 Å². The van der Waals surface area contributed by atoms with E-state index in [1.54, 1.807) is 24.3 Å². The zero-order chi connectivity index (χ0) is 28.9. The number of carbonyl (C=O) groups is 3. The number of nitrogens with one attached hydrogen (secondary N) is 2. The zero-order valence-corrected chi connectivity index (χ0v) is 22.9. The molecular weight excluding hydrogens is 532 g/mol. The lowest BCUT2D eigenvalue weighted by Gasteiger charge is -2.18. The number of hydrogen-bond donors (Lipinski definition) is 5. The number of carboxylic acid groups (broad SMARTS) is 1. The molecule has 0 saturated carbocycles. The van der Waals surface area contributed by atoms with Crippen molar-refractivity contribution in [2.24, 2.45) is 11.5 Å². The Kier molecular flexibility index (Phi) is 12.0. The largest absolute Gasteiger partial charge is 0.487 e. The molecule has 3 aromatic rings. The van der Waals surface area contributed by atoms with Crippen molar-refractivity contribution >= 4 is 35.1 Å². The van der Waals surface area contributed by atoms with Crippen molar-refractivity contribution < 1.29 is 24.2 Å². The molecule has 0 aliphatic heterocycles. The fraction of sp³-hybridized carbons (Fsp3) is 0.300. The van der Waals surface area contributed by atoms with Gasteiger partial charge in [0.05, 0.1) is 11.7 Å². The fourth-order valence-electron chi connectivity index (χ4n) is 3.95. The summed E-state index contributed by atoms with van der Waals surface area (Å²) in [6, 6.07) is 19.2. The average molecular weight is 567 g/mol. The van der Waals surface area contributed by atoms with Crippen molar-refractivity contribution in [3.05, 3.63) is 94.5 Å². The lowest BCUT2D eigenvalue weighted by molar-refractivity contribution is -0.139. The normalized spacial score (nSPS) is 12.3. The lowest BCUT2D eigenvalue weighted by Crippen LogP contribution is -2.41. The molecule has 0 aromatic heterocycles. The van der Waals surface area contributed by atoms with Gasteiger partial charge in [0.25, 0.3) is 5.91 Å². The molecule has 2 atom stereocenters. The maximum Gasteiger partial charge on any atom is 0.326 e. The van der Waals surface area contributed by atoms with Crippen molar-refractivity contribution in [3.8, 4) is 5.75 Å². The van der Waals surface area contributed by atoms with E-state index in [-0.39, 0.29) is 24.3 Å². The monoisotopic (exact) mass is 566 g/mol. The van der Waals surface area contributed by atoms with Crippen molar-refractivity contribution in [1.82, 2.24) is 5.32 Å². The molecule has 3 aromatic carbocycles. The zero-order valence-electron chi connectivity index (χ0n) is 22.1. The molecular formula is C30H35ClN4O5. The fourth-order valence-corrected chi connectivity index (χ4v) is 4.07. The highest BCUT2D eigenvalue weighted by molar-refractivity contribution is 6.30. The number of halogens is 1. The van der Waals surface area contributed by atoms with Crippen LogP contribution in [0, 0.1) is 0 Å². The summed E-state index contributed by atoms with van der Waals surface area (Å²) in [6.45, 7) is 0.665. The highest BCUT2D eigenvalue weighted by Crippen LogP contribution is 2.28. The second kappa shape index (κ2) is 15.6. The molecule has 0 radical (unpaired) electrons. The number of rotatable bonds is 15. The molecule has 0 bridgehead atoms. The molecule has 0 spiro atoms. The van der Waals surface area contributed by atoms with Crippen LogP contribution in [0.3, 0.4) is 0 Å². The molecule has 40 heavy (non-hydrogen) atoms. The van der Waals surface area contributed by atoms with Gasteiger partial charge in [0.2, 0.25) is 5.91 Å². The molecule has 7 N–H and O–H groups in total. The van der Waals surface area contributed by atoms with E-state index in [1.807, 2.05) is 30.3 Å². The maximum atomic E-state index is 13.1. The Hall–Kier alpha value is -3.92. The van der Waals surface area contributed by atoms with E-state index >= 15 is 0 Å². The van der Waals surface area contributed by atoms with E-state index in [0.717, 1.165) is 24.0 Å². The van der Waals surface area contributed by atoms with Crippen molar-refractivity contribution in [3.63, 3.8) is 0 Å². The Balaban J connectivity index is 1.76. The van der Waals surface area contributed by atoms with Gasteiger partial charge in [0.1, 0.15) is 18.4 Å². The summed E-state index contributed by atoms with van der Waals surface area (Å²) in [7, 11) is 0. The van der Waals surface area contributed by atoms with Crippen molar-refractivity contribution in [1.29, 1.82) is 0 Å². The Morgan fingerprint density at radius 1 is 0.925 bits per heavy atom. The van der Waals surface area contributed by atoms with Crippen LogP contribution < -0.4 is 26.8 Å². The third-order valence-electron chi connectivity index (χ3n) is 6.28. The standard InChI is InChI=1S/C30H35ClN4O5/c31-23-13-9-21(10-14-23)19-40-27-18-22(12-16-25(27)34-29(37)24(33)8-4-5-17-32)28(36)35-26(30(38)39)15-11-20-6-2-1-3-7-20/h1-3,6-7,9-10,12-14,16,18,24,26H,4-5,8,11,15,17,19,32-33H2,(H,34,37)(H,35,36)(H,38,39)/t24-,26-/m0/s1. The molecule has 9 nitrogen and oxygen atoms in total. The van der Waals surface area contributed by atoms with Crippen LogP contribution in [0.1, 0.15) is 47.2 Å². The first kappa shape index (κ1) is 30.6. The van der Waals surface area contributed by atoms with Crippen LogP contribution in [-0.2, 0) is 22.6 Å². The molecule has 0 unspecified atom stereocenters. The van der Waals surface area contributed by atoms with E-state index in [0.29, 0.717) is 30.1 Å². The highest BCUT2D eigenvalue weighted by Gasteiger charge is 2.22.